The lowest BCUT2D eigenvalue weighted by Gasteiger charge is -2.22. The second-order valence-corrected chi connectivity index (χ2v) is 6.94. The number of rotatable bonds is 7. The van der Waals surface area contributed by atoms with Gasteiger partial charge in [0.25, 0.3) is 0 Å². The number of benzene rings is 1. The molecule has 1 aromatic heterocycles. The van der Waals surface area contributed by atoms with Crippen LogP contribution in [0.4, 0.5) is 10.3 Å². The Bertz CT molecular complexity index is 873. The highest BCUT2D eigenvalue weighted by atomic mass is 19.1. The van der Waals surface area contributed by atoms with Gasteiger partial charge >= 0.3 is 0 Å². The summed E-state index contributed by atoms with van der Waals surface area (Å²) in [5.41, 5.74) is 2.93. The van der Waals surface area contributed by atoms with E-state index >= 15 is 0 Å². The lowest BCUT2D eigenvalue weighted by atomic mass is 9.96. The molecule has 1 amide bonds. The fraction of sp³-hybridized carbons (Fsp3) is 0.318. The van der Waals surface area contributed by atoms with Crippen LogP contribution >= 0.6 is 0 Å². The van der Waals surface area contributed by atoms with Crippen LogP contribution in [0.3, 0.4) is 0 Å². The zero-order valence-electron chi connectivity index (χ0n) is 16.0. The van der Waals surface area contributed by atoms with Crippen LogP contribution in [0.5, 0.6) is 0 Å². The lowest BCUT2D eigenvalue weighted by molar-refractivity contribution is -0.108. The average Bonchev–Trinajstić information content (AvgIpc) is 2.73. The van der Waals surface area contributed by atoms with E-state index in [-0.39, 0.29) is 0 Å². The number of carbonyl (C=O) groups excluding carboxylic acids is 1. The van der Waals surface area contributed by atoms with Crippen molar-refractivity contribution in [3.63, 3.8) is 0 Å². The lowest BCUT2D eigenvalue weighted by Crippen LogP contribution is -2.23. The minimum Gasteiger partial charge on any atom is -0.351 e. The second-order valence-electron chi connectivity index (χ2n) is 6.94. The highest BCUT2D eigenvalue weighted by molar-refractivity contribution is 5.71. The predicted octanol–water partition coefficient (Wildman–Crippen LogP) is 4.69. The standard InChI is InChI=1S/C22H25FN4O/c1-16(7-6-12-24-15-28)17-8-5-9-18(13-17)21-20(23)14-25-22(27-21)26-19-10-3-2-4-11-19/h5-9,12-15,19H,2-4,10-11H2,1H3,(H,24,28)(H,25,26,27)/b12-6-,16-7+. The second kappa shape index (κ2) is 9.78. The number of nitrogens with zero attached hydrogens (tertiary/aromatic N) is 2. The Labute approximate surface area is 164 Å². The molecule has 1 aliphatic rings. The molecule has 1 aromatic carbocycles. The molecular formula is C22H25FN4O. The van der Waals surface area contributed by atoms with Crippen LogP contribution in [0.2, 0.25) is 0 Å². The first-order chi connectivity index (χ1) is 13.7. The number of amides is 1. The Kier molecular flexibility index (Phi) is 6.89. The van der Waals surface area contributed by atoms with Crippen LogP contribution in [0.1, 0.15) is 44.6 Å². The van der Waals surface area contributed by atoms with E-state index in [4.69, 9.17) is 0 Å². The molecular weight excluding hydrogens is 355 g/mol. The van der Waals surface area contributed by atoms with Crippen LogP contribution in [-0.2, 0) is 4.79 Å². The molecule has 6 heteroatoms. The topological polar surface area (TPSA) is 66.9 Å². The third-order valence-electron chi connectivity index (χ3n) is 4.88. The van der Waals surface area contributed by atoms with Gasteiger partial charge in [-0.25, -0.2) is 14.4 Å². The van der Waals surface area contributed by atoms with Crippen LogP contribution in [0.25, 0.3) is 16.8 Å². The van der Waals surface area contributed by atoms with Crippen LogP contribution in [0, 0.1) is 5.82 Å². The molecule has 0 bridgehead atoms. The number of aromatic nitrogens is 2. The molecule has 0 unspecified atom stereocenters. The normalized spacial score (nSPS) is 15.6. The van der Waals surface area contributed by atoms with Gasteiger partial charge in [-0.2, -0.15) is 0 Å². The summed E-state index contributed by atoms with van der Waals surface area (Å²) in [6.07, 6.45) is 12.9. The van der Waals surface area contributed by atoms with Gasteiger partial charge in [-0.1, -0.05) is 43.5 Å². The Morgan fingerprint density at radius 1 is 1.25 bits per heavy atom. The van der Waals surface area contributed by atoms with Crippen molar-refractivity contribution >= 4 is 17.9 Å². The van der Waals surface area contributed by atoms with E-state index in [1.807, 2.05) is 37.3 Å². The molecule has 1 aliphatic carbocycles. The molecule has 0 aliphatic heterocycles. The summed E-state index contributed by atoms with van der Waals surface area (Å²) in [6.45, 7) is 1.96. The number of halogens is 1. The van der Waals surface area contributed by atoms with E-state index in [2.05, 4.69) is 20.6 Å². The minimum atomic E-state index is -0.442. The van der Waals surface area contributed by atoms with E-state index in [1.165, 1.54) is 25.5 Å². The fourth-order valence-corrected chi connectivity index (χ4v) is 3.36. The summed E-state index contributed by atoms with van der Waals surface area (Å²) in [7, 11) is 0. The van der Waals surface area contributed by atoms with Crippen molar-refractivity contribution < 1.29 is 9.18 Å². The summed E-state index contributed by atoms with van der Waals surface area (Å²) < 4.78 is 14.4. The van der Waals surface area contributed by atoms with Gasteiger partial charge in [0.1, 0.15) is 5.69 Å². The third-order valence-corrected chi connectivity index (χ3v) is 4.88. The molecule has 3 rings (SSSR count). The molecule has 1 heterocycles. The van der Waals surface area contributed by atoms with Crippen LogP contribution < -0.4 is 10.6 Å². The van der Waals surface area contributed by atoms with E-state index in [0.717, 1.165) is 24.0 Å². The van der Waals surface area contributed by atoms with Crippen molar-refractivity contribution in [1.29, 1.82) is 0 Å². The van der Waals surface area contributed by atoms with Crippen molar-refractivity contribution in [2.75, 3.05) is 5.32 Å². The number of carbonyl (C=O) groups is 1. The SMILES string of the molecule is C/C(=C\C=C/NC=O)c1cccc(-c2nc(NC3CCCCC3)ncc2F)c1. The first-order valence-corrected chi connectivity index (χ1v) is 9.60. The van der Waals surface area contributed by atoms with E-state index < -0.39 is 5.82 Å². The van der Waals surface area contributed by atoms with Gasteiger partial charge in [0.05, 0.1) is 6.20 Å². The Morgan fingerprint density at radius 2 is 2.07 bits per heavy atom. The number of anilines is 1. The van der Waals surface area contributed by atoms with Crippen molar-refractivity contribution in [2.45, 2.75) is 45.1 Å². The summed E-state index contributed by atoms with van der Waals surface area (Å²) in [4.78, 5) is 18.8. The molecule has 2 N–H and O–H groups in total. The first-order valence-electron chi connectivity index (χ1n) is 9.60. The van der Waals surface area contributed by atoms with Crippen molar-refractivity contribution in [1.82, 2.24) is 15.3 Å². The first kappa shape index (κ1) is 19.7. The number of hydrogen-bond acceptors (Lipinski definition) is 4. The molecule has 0 spiro atoms. The molecule has 0 saturated heterocycles. The maximum atomic E-state index is 14.4. The monoisotopic (exact) mass is 380 g/mol. The number of allylic oxidation sites excluding steroid dienone is 3. The zero-order chi connectivity index (χ0) is 19.8. The fourth-order valence-electron chi connectivity index (χ4n) is 3.36. The highest BCUT2D eigenvalue weighted by Crippen LogP contribution is 2.26. The van der Waals surface area contributed by atoms with Crippen molar-refractivity contribution in [3.8, 4) is 11.3 Å². The van der Waals surface area contributed by atoms with E-state index in [9.17, 15) is 9.18 Å². The predicted molar refractivity (Wildman–Crippen MR) is 110 cm³/mol. The van der Waals surface area contributed by atoms with Crippen molar-refractivity contribution in [2.24, 2.45) is 0 Å². The van der Waals surface area contributed by atoms with Gasteiger partial charge in [-0.15, -0.1) is 0 Å². The minimum absolute atomic E-state index is 0.293. The molecule has 2 aromatic rings. The quantitative estimate of drug-likeness (QED) is 0.540. The summed E-state index contributed by atoms with van der Waals surface area (Å²) in [5.74, 6) is 0.0342. The maximum absolute atomic E-state index is 14.4. The van der Waals surface area contributed by atoms with Gasteiger partial charge < -0.3 is 10.6 Å². The van der Waals surface area contributed by atoms with Gasteiger partial charge in [0.15, 0.2) is 5.82 Å². The Hall–Kier alpha value is -3.02. The molecule has 1 fully saturated rings. The summed E-state index contributed by atoms with van der Waals surface area (Å²) in [5, 5.41) is 5.81. The Morgan fingerprint density at radius 3 is 2.86 bits per heavy atom. The van der Waals surface area contributed by atoms with Crippen LogP contribution in [-0.4, -0.2) is 22.4 Å². The van der Waals surface area contributed by atoms with Gasteiger partial charge in [0.2, 0.25) is 12.4 Å². The third kappa shape index (κ3) is 5.25. The Balaban J connectivity index is 1.82. The van der Waals surface area contributed by atoms with E-state index in [1.54, 1.807) is 12.3 Å². The largest absolute Gasteiger partial charge is 0.351 e. The maximum Gasteiger partial charge on any atom is 0.223 e. The van der Waals surface area contributed by atoms with Gasteiger partial charge in [-0.3, -0.25) is 4.79 Å². The zero-order valence-corrected chi connectivity index (χ0v) is 16.0. The average molecular weight is 380 g/mol. The molecule has 146 valence electrons. The van der Waals surface area contributed by atoms with Gasteiger partial charge in [-0.05, 0) is 43.0 Å². The summed E-state index contributed by atoms with van der Waals surface area (Å²) in [6, 6.07) is 7.94. The van der Waals surface area contributed by atoms with Gasteiger partial charge in [0, 0.05) is 17.8 Å². The molecule has 5 nitrogen and oxygen atoms in total. The molecule has 0 radical (unpaired) electrons. The molecule has 28 heavy (non-hydrogen) atoms. The number of nitrogens with one attached hydrogen (secondary N) is 2. The molecule has 1 saturated carbocycles. The summed E-state index contributed by atoms with van der Waals surface area (Å²) >= 11 is 0. The molecule has 0 atom stereocenters. The number of hydrogen-bond donors (Lipinski definition) is 2. The smallest absolute Gasteiger partial charge is 0.223 e. The van der Waals surface area contributed by atoms with Crippen molar-refractivity contribution in [3.05, 3.63) is 60.2 Å². The van der Waals surface area contributed by atoms with E-state index in [0.29, 0.717) is 29.7 Å². The van der Waals surface area contributed by atoms with Crippen LogP contribution in [0.15, 0.2) is 48.8 Å². The highest BCUT2D eigenvalue weighted by Gasteiger charge is 2.16.